The van der Waals surface area contributed by atoms with Crippen molar-refractivity contribution in [2.75, 3.05) is 38.1 Å². The Kier molecular flexibility index (Phi) is 7.52. The van der Waals surface area contributed by atoms with Crippen molar-refractivity contribution in [3.05, 3.63) is 23.2 Å². The highest BCUT2D eigenvalue weighted by molar-refractivity contribution is 6.32. The summed E-state index contributed by atoms with van der Waals surface area (Å²) in [7, 11) is 0. The first kappa shape index (κ1) is 19.5. The predicted octanol–water partition coefficient (Wildman–Crippen LogP) is 2.53. The average Bonchev–Trinajstić information content (AvgIpc) is 2.62. The van der Waals surface area contributed by atoms with Gasteiger partial charge in [-0.25, -0.2) is 0 Å². The Morgan fingerprint density at radius 2 is 2.12 bits per heavy atom. The minimum atomic E-state index is -0.0803. The molecule has 1 unspecified atom stereocenters. The van der Waals surface area contributed by atoms with Crippen LogP contribution in [0.25, 0.3) is 0 Å². The van der Waals surface area contributed by atoms with E-state index in [0.717, 1.165) is 19.4 Å². The molecular formula is C18H26ClN3O3. The average molecular weight is 368 g/mol. The number of likely N-dealkylation sites (N-methyl/N-ethyl adjacent to an activating group) is 1. The number of hydrogen-bond acceptors (Lipinski definition) is 4. The number of nitrogens with one attached hydrogen (secondary N) is 2. The van der Waals surface area contributed by atoms with Gasteiger partial charge >= 0.3 is 0 Å². The largest absolute Gasteiger partial charge is 0.482 e. The van der Waals surface area contributed by atoms with E-state index < -0.39 is 0 Å². The topological polar surface area (TPSA) is 70.7 Å². The van der Waals surface area contributed by atoms with Crippen molar-refractivity contribution < 1.29 is 14.3 Å². The fourth-order valence-corrected chi connectivity index (χ4v) is 3.06. The monoisotopic (exact) mass is 367 g/mol. The number of piperidine rings is 1. The maximum absolute atomic E-state index is 12.2. The maximum atomic E-state index is 12.2. The molecule has 2 N–H and O–H groups in total. The molecule has 25 heavy (non-hydrogen) atoms. The van der Waals surface area contributed by atoms with Crippen LogP contribution >= 0.6 is 11.6 Å². The predicted molar refractivity (Wildman–Crippen MR) is 99.1 cm³/mol. The summed E-state index contributed by atoms with van der Waals surface area (Å²) in [6.07, 6.45) is 1.90. The number of benzene rings is 1. The lowest BCUT2D eigenvalue weighted by atomic mass is 9.99. The quantitative estimate of drug-likeness (QED) is 0.776. The number of carbonyl (C=O) groups is 2. The molecule has 0 radical (unpaired) electrons. The van der Waals surface area contributed by atoms with Crippen molar-refractivity contribution in [2.24, 2.45) is 5.92 Å². The lowest BCUT2D eigenvalue weighted by Gasteiger charge is -2.22. The van der Waals surface area contributed by atoms with Crippen molar-refractivity contribution in [3.8, 4) is 5.75 Å². The second-order valence-corrected chi connectivity index (χ2v) is 6.44. The molecule has 1 aliphatic rings. The number of anilines is 1. The molecule has 1 aromatic rings. The summed E-state index contributed by atoms with van der Waals surface area (Å²) in [5, 5.41) is 6.48. The first-order chi connectivity index (χ1) is 12.0. The fourth-order valence-electron chi connectivity index (χ4n) is 2.82. The standard InChI is InChI=1S/C18H26ClN3O3/c1-3-22(4-2)17(23)12-25-16-8-7-14(10-15(16)19)21-18(24)13-6-5-9-20-11-13/h7-8,10,13,20H,3-6,9,11-12H2,1-2H3,(H,21,24). The van der Waals surface area contributed by atoms with Gasteiger partial charge in [0.25, 0.3) is 5.91 Å². The zero-order valence-corrected chi connectivity index (χ0v) is 15.6. The fraction of sp³-hybridized carbons (Fsp3) is 0.556. The lowest BCUT2D eigenvalue weighted by Crippen LogP contribution is -2.37. The molecule has 2 rings (SSSR count). The minimum Gasteiger partial charge on any atom is -0.482 e. The smallest absolute Gasteiger partial charge is 0.260 e. The van der Waals surface area contributed by atoms with Crippen LogP contribution in [0, 0.1) is 5.92 Å². The lowest BCUT2D eigenvalue weighted by molar-refractivity contribution is -0.133. The van der Waals surface area contributed by atoms with Gasteiger partial charge in [-0.05, 0) is 51.4 Å². The summed E-state index contributed by atoms with van der Waals surface area (Å²) < 4.78 is 5.51. The molecule has 1 aromatic carbocycles. The first-order valence-electron chi connectivity index (χ1n) is 8.76. The Balaban J connectivity index is 1.91. The molecular weight excluding hydrogens is 342 g/mol. The van der Waals surface area contributed by atoms with Crippen molar-refractivity contribution in [3.63, 3.8) is 0 Å². The Morgan fingerprint density at radius 3 is 2.72 bits per heavy atom. The van der Waals surface area contributed by atoms with E-state index >= 15 is 0 Å². The molecule has 7 heteroatoms. The summed E-state index contributed by atoms with van der Waals surface area (Å²) in [4.78, 5) is 25.9. The van der Waals surface area contributed by atoms with Crippen LogP contribution < -0.4 is 15.4 Å². The maximum Gasteiger partial charge on any atom is 0.260 e. The highest BCUT2D eigenvalue weighted by Gasteiger charge is 2.21. The van der Waals surface area contributed by atoms with Gasteiger partial charge in [-0.3, -0.25) is 9.59 Å². The first-order valence-corrected chi connectivity index (χ1v) is 9.14. The van der Waals surface area contributed by atoms with Crippen LogP contribution in [0.4, 0.5) is 5.69 Å². The van der Waals surface area contributed by atoms with E-state index in [4.69, 9.17) is 16.3 Å². The van der Waals surface area contributed by atoms with E-state index in [0.29, 0.717) is 36.1 Å². The molecule has 6 nitrogen and oxygen atoms in total. The number of carbonyl (C=O) groups excluding carboxylic acids is 2. The van der Waals surface area contributed by atoms with Crippen molar-refractivity contribution in [1.82, 2.24) is 10.2 Å². The summed E-state index contributed by atoms with van der Waals surface area (Å²) in [5.74, 6) is 0.325. The van der Waals surface area contributed by atoms with Crippen LogP contribution in [0.3, 0.4) is 0 Å². The minimum absolute atomic E-state index is 0.00588. The molecule has 0 aliphatic carbocycles. The Hall–Kier alpha value is -1.79. The second-order valence-electron chi connectivity index (χ2n) is 6.03. The van der Waals surface area contributed by atoms with Gasteiger partial charge in [0.15, 0.2) is 6.61 Å². The van der Waals surface area contributed by atoms with Gasteiger partial charge in [0, 0.05) is 25.3 Å². The summed E-state index contributed by atoms with van der Waals surface area (Å²) >= 11 is 6.22. The molecule has 1 aliphatic heterocycles. The molecule has 1 fully saturated rings. The summed E-state index contributed by atoms with van der Waals surface area (Å²) in [6.45, 7) is 6.76. The number of halogens is 1. The van der Waals surface area contributed by atoms with Gasteiger partial charge in [0.2, 0.25) is 5.91 Å². The molecule has 1 atom stereocenters. The van der Waals surface area contributed by atoms with Gasteiger partial charge in [0.05, 0.1) is 10.9 Å². The Bertz CT molecular complexity index is 599. The Labute approximate surface area is 153 Å². The molecule has 2 amide bonds. The summed E-state index contributed by atoms with van der Waals surface area (Å²) in [6, 6.07) is 5.05. The van der Waals surface area contributed by atoms with E-state index in [1.165, 1.54) is 0 Å². The zero-order valence-electron chi connectivity index (χ0n) is 14.8. The highest BCUT2D eigenvalue weighted by atomic mass is 35.5. The van der Waals surface area contributed by atoms with Gasteiger partial charge in [-0.15, -0.1) is 0 Å². The summed E-state index contributed by atoms with van der Waals surface area (Å²) in [5.41, 5.74) is 0.628. The Morgan fingerprint density at radius 1 is 1.36 bits per heavy atom. The zero-order chi connectivity index (χ0) is 18.2. The molecule has 0 spiro atoms. The van der Waals surface area contributed by atoms with Crippen LogP contribution in [0.1, 0.15) is 26.7 Å². The van der Waals surface area contributed by atoms with E-state index in [1.807, 2.05) is 13.8 Å². The number of ether oxygens (including phenoxy) is 1. The van der Waals surface area contributed by atoms with Crippen LogP contribution in [0.2, 0.25) is 5.02 Å². The third kappa shape index (κ3) is 5.61. The molecule has 1 saturated heterocycles. The van der Waals surface area contributed by atoms with Crippen LogP contribution in [-0.2, 0) is 9.59 Å². The van der Waals surface area contributed by atoms with Gasteiger partial charge in [0.1, 0.15) is 5.75 Å². The third-order valence-electron chi connectivity index (χ3n) is 4.33. The molecule has 1 heterocycles. The number of hydrogen-bond donors (Lipinski definition) is 2. The second kappa shape index (κ2) is 9.63. The molecule has 0 aromatic heterocycles. The van der Waals surface area contributed by atoms with E-state index in [2.05, 4.69) is 10.6 Å². The van der Waals surface area contributed by atoms with Gasteiger partial charge in [-0.2, -0.15) is 0 Å². The SMILES string of the molecule is CCN(CC)C(=O)COc1ccc(NC(=O)C2CCCNC2)cc1Cl. The molecule has 0 bridgehead atoms. The number of amides is 2. The van der Waals surface area contributed by atoms with E-state index in [1.54, 1.807) is 23.1 Å². The van der Waals surface area contributed by atoms with Crippen molar-refractivity contribution >= 4 is 29.1 Å². The number of rotatable bonds is 7. The normalized spacial score (nSPS) is 17.0. The number of nitrogens with zero attached hydrogens (tertiary/aromatic N) is 1. The van der Waals surface area contributed by atoms with E-state index in [9.17, 15) is 9.59 Å². The van der Waals surface area contributed by atoms with Crippen molar-refractivity contribution in [1.29, 1.82) is 0 Å². The van der Waals surface area contributed by atoms with Crippen LogP contribution in [0.15, 0.2) is 18.2 Å². The molecule has 0 saturated carbocycles. The molecule has 138 valence electrons. The van der Waals surface area contributed by atoms with Gasteiger partial charge < -0.3 is 20.3 Å². The van der Waals surface area contributed by atoms with Crippen LogP contribution in [-0.4, -0.2) is 49.5 Å². The van der Waals surface area contributed by atoms with Crippen molar-refractivity contribution in [2.45, 2.75) is 26.7 Å². The third-order valence-corrected chi connectivity index (χ3v) is 4.63. The highest BCUT2D eigenvalue weighted by Crippen LogP contribution is 2.28. The van der Waals surface area contributed by atoms with Gasteiger partial charge in [-0.1, -0.05) is 11.6 Å². The van der Waals surface area contributed by atoms with Crippen LogP contribution in [0.5, 0.6) is 5.75 Å². The van der Waals surface area contributed by atoms with E-state index in [-0.39, 0.29) is 24.3 Å².